The van der Waals surface area contributed by atoms with Crippen molar-refractivity contribution in [3.63, 3.8) is 0 Å². The molecule has 38 heavy (non-hydrogen) atoms. The van der Waals surface area contributed by atoms with Crippen molar-refractivity contribution in [1.29, 1.82) is 0 Å². The van der Waals surface area contributed by atoms with Crippen molar-refractivity contribution in [2.24, 2.45) is 5.92 Å². The van der Waals surface area contributed by atoms with Gasteiger partial charge in [-0.1, -0.05) is 6.08 Å². The molecule has 11 heteroatoms. The molecule has 1 fully saturated rings. The normalized spacial score (nSPS) is 21.4. The summed E-state index contributed by atoms with van der Waals surface area (Å²) in [4.78, 5) is 30.6. The second-order valence-electron chi connectivity index (χ2n) is 10.4. The SMILES string of the molecule is CC(=O)N1CCC[C@@H]1C1C=c2[nH]c(-c3cnc(C(C)(C)O)cn3)cc2=CC1Oc1ccc(S(C)(=O)=O)nc1. The third-order valence-electron chi connectivity index (χ3n) is 7.03. The highest BCUT2D eigenvalue weighted by Gasteiger charge is 2.38. The van der Waals surface area contributed by atoms with Crippen LogP contribution < -0.4 is 15.3 Å². The highest BCUT2D eigenvalue weighted by Crippen LogP contribution is 2.31. The first-order chi connectivity index (χ1) is 17.9. The molecule has 0 radical (unpaired) electrons. The molecular weight excluding hydrogens is 506 g/mol. The van der Waals surface area contributed by atoms with Gasteiger partial charge in [0.1, 0.15) is 23.1 Å². The molecule has 2 N–H and O–H groups in total. The van der Waals surface area contributed by atoms with Crippen LogP contribution in [0.4, 0.5) is 0 Å². The first-order valence-electron chi connectivity index (χ1n) is 12.5. The van der Waals surface area contributed by atoms with Crippen LogP contribution in [0, 0.1) is 5.92 Å². The third-order valence-corrected chi connectivity index (χ3v) is 8.03. The standard InChI is InChI=1S/C27H31N5O5S/c1-16(33)32-9-5-6-23(32)19-12-20-17(10-21(31-20)22-14-29-25(15-28-22)27(2,3)34)11-24(19)37-18-7-8-26(30-13-18)38(4,35)36/h7-8,10-15,19,23-24,31,34H,5-6,9H2,1-4H3/t19?,23-,24?/m1/s1. The number of nitrogens with one attached hydrogen (secondary N) is 1. The van der Waals surface area contributed by atoms with Gasteiger partial charge in [0.2, 0.25) is 5.91 Å². The fraction of sp³-hybridized carbons (Fsp3) is 0.407. The average Bonchev–Trinajstić information content (AvgIpc) is 3.50. The van der Waals surface area contributed by atoms with E-state index in [1.807, 2.05) is 17.0 Å². The number of carbonyl (C=O) groups is 1. The number of pyridine rings is 1. The lowest BCUT2D eigenvalue weighted by Gasteiger charge is -2.34. The summed E-state index contributed by atoms with van der Waals surface area (Å²) in [6, 6.07) is 4.96. The minimum atomic E-state index is -3.42. The Morgan fingerprint density at radius 1 is 1.16 bits per heavy atom. The van der Waals surface area contributed by atoms with Crippen LogP contribution in [-0.4, -0.2) is 69.2 Å². The van der Waals surface area contributed by atoms with Gasteiger partial charge in [0.25, 0.3) is 0 Å². The molecule has 10 nitrogen and oxygen atoms in total. The number of amides is 1. The number of H-pyrrole nitrogens is 1. The second-order valence-corrected chi connectivity index (χ2v) is 12.4. The van der Waals surface area contributed by atoms with Crippen LogP contribution in [-0.2, 0) is 20.2 Å². The molecule has 1 aliphatic carbocycles. The van der Waals surface area contributed by atoms with Gasteiger partial charge >= 0.3 is 0 Å². The molecule has 4 heterocycles. The lowest BCUT2D eigenvalue weighted by molar-refractivity contribution is -0.130. The van der Waals surface area contributed by atoms with Crippen LogP contribution in [0.1, 0.15) is 39.3 Å². The lowest BCUT2D eigenvalue weighted by atomic mass is 9.88. The van der Waals surface area contributed by atoms with Gasteiger partial charge in [0.05, 0.1) is 30.0 Å². The van der Waals surface area contributed by atoms with Gasteiger partial charge in [0, 0.05) is 37.0 Å². The summed E-state index contributed by atoms with van der Waals surface area (Å²) in [5, 5.41) is 12.0. The van der Waals surface area contributed by atoms with E-state index in [1.54, 1.807) is 39.2 Å². The second kappa shape index (κ2) is 9.63. The third kappa shape index (κ3) is 5.21. The molecule has 0 saturated carbocycles. The van der Waals surface area contributed by atoms with Gasteiger partial charge < -0.3 is 19.7 Å². The maximum atomic E-state index is 12.4. The molecule has 1 aliphatic heterocycles. The van der Waals surface area contributed by atoms with E-state index in [-0.39, 0.29) is 22.9 Å². The number of rotatable bonds is 6. The van der Waals surface area contributed by atoms with E-state index in [1.165, 1.54) is 12.3 Å². The van der Waals surface area contributed by atoms with Crippen molar-refractivity contribution in [2.45, 2.75) is 56.4 Å². The molecule has 3 aromatic rings. The molecule has 0 bridgehead atoms. The van der Waals surface area contributed by atoms with E-state index in [4.69, 9.17) is 4.74 Å². The predicted octanol–water partition coefficient (Wildman–Crippen LogP) is 1.15. The van der Waals surface area contributed by atoms with Crippen molar-refractivity contribution in [2.75, 3.05) is 12.8 Å². The van der Waals surface area contributed by atoms with E-state index in [9.17, 15) is 18.3 Å². The summed E-state index contributed by atoms with van der Waals surface area (Å²) >= 11 is 0. The van der Waals surface area contributed by atoms with Crippen molar-refractivity contribution in [3.05, 3.63) is 53.1 Å². The number of aromatic nitrogens is 4. The van der Waals surface area contributed by atoms with E-state index < -0.39 is 21.5 Å². The summed E-state index contributed by atoms with van der Waals surface area (Å²) in [6.45, 7) is 5.61. The van der Waals surface area contributed by atoms with Crippen LogP contribution in [0.5, 0.6) is 5.75 Å². The van der Waals surface area contributed by atoms with Crippen LogP contribution in [0.15, 0.2) is 41.8 Å². The molecule has 5 rings (SSSR count). The first-order valence-corrected chi connectivity index (χ1v) is 14.4. The van der Waals surface area contributed by atoms with Crippen molar-refractivity contribution in [3.8, 4) is 17.1 Å². The molecule has 2 aliphatic rings. The summed E-state index contributed by atoms with van der Waals surface area (Å²) in [7, 11) is -3.42. The molecule has 1 saturated heterocycles. The number of ether oxygens (including phenoxy) is 1. The lowest BCUT2D eigenvalue weighted by Crippen LogP contribution is -2.47. The maximum Gasteiger partial charge on any atom is 0.219 e. The number of carbonyl (C=O) groups excluding carboxylic acids is 1. The van der Waals surface area contributed by atoms with Crippen LogP contribution in [0.3, 0.4) is 0 Å². The summed E-state index contributed by atoms with van der Waals surface area (Å²) in [6.07, 6.45) is 11.2. The fourth-order valence-electron chi connectivity index (χ4n) is 5.10. The Hall–Kier alpha value is -3.57. The van der Waals surface area contributed by atoms with Gasteiger partial charge in [0.15, 0.2) is 14.9 Å². The van der Waals surface area contributed by atoms with Gasteiger partial charge in [-0.2, -0.15) is 0 Å². The van der Waals surface area contributed by atoms with Gasteiger partial charge in [-0.3, -0.25) is 14.8 Å². The molecule has 1 amide bonds. The monoisotopic (exact) mass is 537 g/mol. The molecule has 3 aromatic heterocycles. The Morgan fingerprint density at radius 3 is 2.55 bits per heavy atom. The fourth-order valence-corrected chi connectivity index (χ4v) is 5.66. The zero-order chi connectivity index (χ0) is 27.2. The smallest absolute Gasteiger partial charge is 0.219 e. The molecule has 2 unspecified atom stereocenters. The van der Waals surface area contributed by atoms with Crippen LogP contribution in [0.25, 0.3) is 23.5 Å². The van der Waals surface area contributed by atoms with Crippen LogP contribution >= 0.6 is 0 Å². The number of likely N-dealkylation sites (tertiary alicyclic amines) is 1. The molecule has 0 spiro atoms. The maximum absolute atomic E-state index is 12.4. The van der Waals surface area contributed by atoms with Crippen molar-refractivity contribution in [1.82, 2.24) is 24.8 Å². The minimum absolute atomic E-state index is 0.0200. The van der Waals surface area contributed by atoms with Gasteiger partial charge in [-0.25, -0.2) is 13.4 Å². The zero-order valence-electron chi connectivity index (χ0n) is 21.7. The number of aromatic amines is 1. The first kappa shape index (κ1) is 26.1. The Morgan fingerprint density at radius 2 is 1.95 bits per heavy atom. The number of aliphatic hydroxyl groups is 1. The number of sulfone groups is 1. The molecule has 3 atom stereocenters. The summed E-state index contributed by atoms with van der Waals surface area (Å²) in [5.41, 5.74) is 0.795. The van der Waals surface area contributed by atoms with E-state index in [0.717, 1.165) is 35.4 Å². The van der Waals surface area contributed by atoms with E-state index in [0.29, 0.717) is 23.7 Å². The average molecular weight is 538 g/mol. The number of nitrogens with zero attached hydrogens (tertiary/aromatic N) is 4. The van der Waals surface area contributed by atoms with Crippen LogP contribution in [0.2, 0.25) is 0 Å². The van der Waals surface area contributed by atoms with E-state index >= 15 is 0 Å². The molecule has 200 valence electrons. The Bertz CT molecular complexity index is 1570. The predicted molar refractivity (Wildman–Crippen MR) is 141 cm³/mol. The van der Waals surface area contributed by atoms with Crippen molar-refractivity contribution < 1.29 is 23.1 Å². The van der Waals surface area contributed by atoms with Crippen molar-refractivity contribution >= 4 is 27.9 Å². The van der Waals surface area contributed by atoms with E-state index in [2.05, 4.69) is 26.0 Å². The Balaban J connectivity index is 1.52. The minimum Gasteiger partial charge on any atom is -0.484 e. The molecule has 0 aromatic carbocycles. The number of fused-ring (bicyclic) bond motifs is 1. The number of hydrogen-bond donors (Lipinski definition) is 2. The van der Waals surface area contributed by atoms with Gasteiger partial charge in [-0.15, -0.1) is 0 Å². The van der Waals surface area contributed by atoms with Gasteiger partial charge in [-0.05, 0) is 56.2 Å². The molecular formula is C27H31N5O5S. The highest BCUT2D eigenvalue weighted by molar-refractivity contribution is 7.90. The summed E-state index contributed by atoms with van der Waals surface area (Å²) < 4.78 is 30.0. The Labute approximate surface area is 221 Å². The Kier molecular flexibility index (Phi) is 6.60. The quantitative estimate of drug-likeness (QED) is 0.478. The summed E-state index contributed by atoms with van der Waals surface area (Å²) in [5.74, 6) is 0.328. The number of hydrogen-bond acceptors (Lipinski definition) is 8. The largest absolute Gasteiger partial charge is 0.484 e. The highest BCUT2D eigenvalue weighted by atomic mass is 32.2. The zero-order valence-corrected chi connectivity index (χ0v) is 22.6. The topological polar surface area (TPSA) is 138 Å².